The van der Waals surface area contributed by atoms with Crippen LogP contribution in [0.25, 0.3) is 0 Å². The fourth-order valence-electron chi connectivity index (χ4n) is 2.99. The van der Waals surface area contributed by atoms with Crippen LogP contribution in [-0.4, -0.2) is 47.3 Å². The summed E-state index contributed by atoms with van der Waals surface area (Å²) in [5, 5.41) is 13.6. The van der Waals surface area contributed by atoms with Crippen LogP contribution in [0.5, 0.6) is 0 Å². The van der Waals surface area contributed by atoms with Crippen molar-refractivity contribution < 1.29 is 5.11 Å². The first-order valence-corrected chi connectivity index (χ1v) is 6.98. The second-order valence-electron chi connectivity index (χ2n) is 6.51. The molecule has 0 aromatic rings. The van der Waals surface area contributed by atoms with Crippen LogP contribution >= 0.6 is 0 Å². The molecule has 0 aliphatic heterocycles. The molecule has 3 heteroatoms. The summed E-state index contributed by atoms with van der Waals surface area (Å²) in [7, 11) is 2.14. The van der Waals surface area contributed by atoms with E-state index in [9.17, 15) is 5.11 Å². The highest BCUT2D eigenvalue weighted by molar-refractivity contribution is 4.89. The molecule has 0 aromatic carbocycles. The predicted octanol–water partition coefficient (Wildman–Crippen LogP) is 2.00. The van der Waals surface area contributed by atoms with Crippen molar-refractivity contribution in [1.82, 2.24) is 10.2 Å². The van der Waals surface area contributed by atoms with Gasteiger partial charge in [-0.3, -0.25) is 4.90 Å². The Kier molecular flexibility index (Phi) is 5.42. The molecule has 3 nitrogen and oxygen atoms in total. The van der Waals surface area contributed by atoms with Gasteiger partial charge in [0.2, 0.25) is 0 Å². The fraction of sp³-hybridized carbons (Fsp3) is 1.00. The molecule has 1 saturated carbocycles. The highest BCUT2D eigenvalue weighted by Gasteiger charge is 2.30. The minimum Gasteiger partial charge on any atom is -0.389 e. The third kappa shape index (κ3) is 5.36. The van der Waals surface area contributed by atoms with Gasteiger partial charge in [0.25, 0.3) is 0 Å². The van der Waals surface area contributed by atoms with Crippen LogP contribution in [-0.2, 0) is 0 Å². The van der Waals surface area contributed by atoms with Crippen molar-refractivity contribution in [3.63, 3.8) is 0 Å². The van der Waals surface area contributed by atoms with E-state index < -0.39 is 5.60 Å². The summed E-state index contributed by atoms with van der Waals surface area (Å²) in [6.45, 7) is 8.94. The van der Waals surface area contributed by atoms with Crippen LogP contribution in [0, 0.1) is 0 Å². The lowest BCUT2D eigenvalue weighted by atomic mass is 9.88. The highest BCUT2D eigenvalue weighted by Crippen LogP contribution is 2.24. The van der Waals surface area contributed by atoms with E-state index in [1.807, 2.05) is 13.8 Å². The molecular formula is C14H30N2O. The van der Waals surface area contributed by atoms with Crippen molar-refractivity contribution in [2.45, 2.75) is 77.1 Å². The highest BCUT2D eigenvalue weighted by atomic mass is 16.3. The normalized spacial score (nSPS) is 26.8. The van der Waals surface area contributed by atoms with Crippen LogP contribution in [0.3, 0.4) is 0 Å². The largest absolute Gasteiger partial charge is 0.389 e. The van der Waals surface area contributed by atoms with Gasteiger partial charge in [-0.05, 0) is 33.7 Å². The van der Waals surface area contributed by atoms with Gasteiger partial charge in [-0.1, -0.05) is 26.7 Å². The average molecular weight is 242 g/mol. The summed E-state index contributed by atoms with van der Waals surface area (Å²) in [4.78, 5) is 2.33. The molecule has 2 N–H and O–H groups in total. The summed E-state index contributed by atoms with van der Waals surface area (Å²) >= 11 is 0. The van der Waals surface area contributed by atoms with Gasteiger partial charge in [-0.25, -0.2) is 0 Å². The second-order valence-corrected chi connectivity index (χ2v) is 6.51. The minimum atomic E-state index is -0.603. The van der Waals surface area contributed by atoms with Gasteiger partial charge in [-0.2, -0.15) is 0 Å². The number of nitrogens with zero attached hydrogens (tertiary/aromatic N) is 1. The van der Waals surface area contributed by atoms with Gasteiger partial charge in [0, 0.05) is 24.7 Å². The maximum Gasteiger partial charge on any atom is 0.0718 e. The summed E-state index contributed by atoms with van der Waals surface area (Å²) in [6, 6.07) is 1.69. The molecule has 17 heavy (non-hydrogen) atoms. The summed E-state index contributed by atoms with van der Waals surface area (Å²) < 4.78 is 0. The van der Waals surface area contributed by atoms with Gasteiger partial charge < -0.3 is 10.4 Å². The minimum absolute atomic E-state index is 0.538. The first-order chi connectivity index (χ1) is 7.79. The number of hydrogen-bond donors (Lipinski definition) is 2. The molecule has 0 saturated heterocycles. The van der Waals surface area contributed by atoms with E-state index in [0.29, 0.717) is 18.1 Å². The van der Waals surface area contributed by atoms with Crippen LogP contribution < -0.4 is 5.32 Å². The Morgan fingerprint density at radius 2 is 1.88 bits per heavy atom. The van der Waals surface area contributed by atoms with E-state index in [4.69, 9.17) is 0 Å². The number of likely N-dealkylation sites (N-methyl/N-ethyl adjacent to an activating group) is 1. The SMILES string of the molecule is CC(C)N[C@H]1CCCC[C@@H]1N(C)CC(C)(C)O. The lowest BCUT2D eigenvalue weighted by Crippen LogP contribution is -2.54. The molecule has 0 spiro atoms. The average Bonchev–Trinajstić information content (AvgIpc) is 2.14. The molecule has 0 unspecified atom stereocenters. The summed E-state index contributed by atoms with van der Waals surface area (Å²) in [6.07, 6.45) is 5.16. The quantitative estimate of drug-likeness (QED) is 0.774. The molecule has 0 aromatic heterocycles. The van der Waals surface area contributed by atoms with Crippen molar-refractivity contribution in [1.29, 1.82) is 0 Å². The smallest absolute Gasteiger partial charge is 0.0718 e. The monoisotopic (exact) mass is 242 g/mol. The van der Waals surface area contributed by atoms with Crippen molar-refractivity contribution in [2.75, 3.05) is 13.6 Å². The van der Waals surface area contributed by atoms with Crippen LogP contribution in [0.2, 0.25) is 0 Å². The van der Waals surface area contributed by atoms with Crippen LogP contribution in [0.15, 0.2) is 0 Å². The topological polar surface area (TPSA) is 35.5 Å². The van der Waals surface area contributed by atoms with Crippen LogP contribution in [0.1, 0.15) is 53.4 Å². The third-order valence-electron chi connectivity index (χ3n) is 3.48. The van der Waals surface area contributed by atoms with Gasteiger partial charge >= 0.3 is 0 Å². The maximum atomic E-state index is 9.92. The van der Waals surface area contributed by atoms with Crippen molar-refractivity contribution in [2.24, 2.45) is 0 Å². The molecule has 0 bridgehead atoms. The predicted molar refractivity (Wildman–Crippen MR) is 73.2 cm³/mol. The number of hydrogen-bond acceptors (Lipinski definition) is 3. The summed E-state index contributed by atoms with van der Waals surface area (Å²) in [5.74, 6) is 0. The molecule has 1 aliphatic rings. The van der Waals surface area contributed by atoms with Crippen molar-refractivity contribution in [3.05, 3.63) is 0 Å². The second kappa shape index (κ2) is 6.17. The van der Waals surface area contributed by atoms with E-state index in [1.54, 1.807) is 0 Å². The number of rotatable bonds is 5. The Labute approximate surface area is 107 Å². The molecule has 1 aliphatic carbocycles. The molecule has 0 heterocycles. The van der Waals surface area contributed by atoms with E-state index in [1.165, 1.54) is 25.7 Å². The fourth-order valence-corrected chi connectivity index (χ4v) is 2.99. The Balaban J connectivity index is 2.57. The third-order valence-corrected chi connectivity index (χ3v) is 3.48. The molecule has 102 valence electrons. The number of nitrogens with one attached hydrogen (secondary N) is 1. The van der Waals surface area contributed by atoms with Crippen LogP contribution in [0.4, 0.5) is 0 Å². The maximum absolute atomic E-state index is 9.92. The first kappa shape index (κ1) is 14.9. The van der Waals surface area contributed by atoms with Crippen molar-refractivity contribution >= 4 is 0 Å². The molecule has 0 amide bonds. The zero-order valence-electron chi connectivity index (χ0n) is 12.2. The Morgan fingerprint density at radius 3 is 2.41 bits per heavy atom. The first-order valence-electron chi connectivity index (χ1n) is 6.98. The van der Waals surface area contributed by atoms with E-state index >= 15 is 0 Å². The molecule has 0 radical (unpaired) electrons. The van der Waals surface area contributed by atoms with E-state index in [0.717, 1.165) is 6.54 Å². The zero-order chi connectivity index (χ0) is 13.1. The molecular weight excluding hydrogens is 212 g/mol. The van der Waals surface area contributed by atoms with Gasteiger partial charge in [0.1, 0.15) is 0 Å². The van der Waals surface area contributed by atoms with E-state index in [2.05, 4.69) is 31.1 Å². The Morgan fingerprint density at radius 1 is 1.29 bits per heavy atom. The molecule has 1 fully saturated rings. The van der Waals surface area contributed by atoms with E-state index in [-0.39, 0.29) is 0 Å². The number of aliphatic hydroxyl groups is 1. The Bertz CT molecular complexity index is 223. The van der Waals surface area contributed by atoms with Gasteiger partial charge in [0.15, 0.2) is 0 Å². The molecule has 2 atom stereocenters. The van der Waals surface area contributed by atoms with Gasteiger partial charge in [-0.15, -0.1) is 0 Å². The molecule has 1 rings (SSSR count). The zero-order valence-corrected chi connectivity index (χ0v) is 12.2. The van der Waals surface area contributed by atoms with Crippen molar-refractivity contribution in [3.8, 4) is 0 Å². The lowest BCUT2D eigenvalue weighted by Gasteiger charge is -2.41. The standard InChI is InChI=1S/C14H30N2O/c1-11(2)15-12-8-6-7-9-13(12)16(5)10-14(3,4)17/h11-13,15,17H,6-10H2,1-5H3/t12-,13-/m0/s1. The lowest BCUT2D eigenvalue weighted by molar-refractivity contribution is 0.0178. The van der Waals surface area contributed by atoms with Gasteiger partial charge in [0.05, 0.1) is 5.60 Å². The summed E-state index contributed by atoms with van der Waals surface area (Å²) in [5.41, 5.74) is -0.603. The Hall–Kier alpha value is -0.120.